The molecule has 3 saturated heterocycles. The summed E-state index contributed by atoms with van der Waals surface area (Å²) in [7, 11) is -3.23. The van der Waals surface area contributed by atoms with Gasteiger partial charge in [0.2, 0.25) is 0 Å². The summed E-state index contributed by atoms with van der Waals surface area (Å²) in [5.74, 6) is -0.0801. The van der Waals surface area contributed by atoms with E-state index in [1.807, 2.05) is 0 Å². The van der Waals surface area contributed by atoms with Crippen molar-refractivity contribution in [2.24, 2.45) is 5.92 Å². The van der Waals surface area contributed by atoms with Gasteiger partial charge in [-0.05, 0) is 25.7 Å². The molecule has 0 aromatic rings. The number of carbonyl (C=O) groups is 1. The molecular formula is C14H22O5S. The van der Waals surface area contributed by atoms with Crippen LogP contribution in [-0.2, 0) is 24.1 Å². The van der Waals surface area contributed by atoms with Crippen molar-refractivity contribution in [2.75, 3.05) is 25.6 Å². The van der Waals surface area contributed by atoms with Crippen LogP contribution in [-0.4, -0.2) is 50.6 Å². The van der Waals surface area contributed by atoms with Gasteiger partial charge in [0.25, 0.3) is 0 Å². The molecule has 0 saturated carbocycles. The summed E-state index contributed by atoms with van der Waals surface area (Å²) in [6.07, 6.45) is 4.12. The highest BCUT2D eigenvalue weighted by Gasteiger charge is 2.46. The van der Waals surface area contributed by atoms with Crippen LogP contribution >= 0.6 is 0 Å². The first-order valence-electron chi connectivity index (χ1n) is 7.49. The van der Waals surface area contributed by atoms with Crippen LogP contribution in [0.25, 0.3) is 0 Å². The van der Waals surface area contributed by atoms with Gasteiger partial charge in [-0.3, -0.25) is 4.79 Å². The van der Waals surface area contributed by atoms with Gasteiger partial charge in [0.15, 0.2) is 15.6 Å². The van der Waals surface area contributed by atoms with Crippen LogP contribution in [0.1, 0.15) is 38.5 Å². The predicted octanol–water partition coefficient (Wildman–Crippen LogP) is 1.11. The van der Waals surface area contributed by atoms with Crippen LogP contribution in [0.2, 0.25) is 0 Å². The molecule has 0 N–H and O–H groups in total. The van der Waals surface area contributed by atoms with Gasteiger partial charge in [0, 0.05) is 25.6 Å². The highest BCUT2D eigenvalue weighted by molar-refractivity contribution is 7.92. The number of ketones is 1. The Balaban J connectivity index is 1.73. The number of ether oxygens (including phenoxy) is 2. The van der Waals surface area contributed by atoms with Gasteiger partial charge in [0.05, 0.1) is 18.0 Å². The van der Waals surface area contributed by atoms with E-state index in [2.05, 4.69) is 0 Å². The molecule has 3 aliphatic heterocycles. The summed E-state index contributed by atoms with van der Waals surface area (Å²) in [4.78, 5) is 12.6. The Labute approximate surface area is 119 Å². The summed E-state index contributed by atoms with van der Waals surface area (Å²) in [6, 6.07) is 0. The molecule has 0 aromatic carbocycles. The SMILES string of the molecule is O=C(C1CCOC2(CCOC2)C1)C1CCCCS1(=O)=O. The predicted molar refractivity (Wildman–Crippen MR) is 73.3 cm³/mol. The molecule has 3 atom stereocenters. The largest absolute Gasteiger partial charge is 0.378 e. The smallest absolute Gasteiger partial charge is 0.160 e. The second-order valence-corrected chi connectivity index (χ2v) is 8.58. The number of carbonyl (C=O) groups excluding carboxylic acids is 1. The molecule has 0 aliphatic carbocycles. The van der Waals surface area contributed by atoms with Gasteiger partial charge in [-0.1, -0.05) is 6.42 Å². The Morgan fingerprint density at radius 1 is 1.15 bits per heavy atom. The number of rotatable bonds is 2. The summed E-state index contributed by atoms with van der Waals surface area (Å²) in [5.41, 5.74) is -0.336. The van der Waals surface area contributed by atoms with Crippen molar-refractivity contribution in [1.29, 1.82) is 0 Å². The normalized spacial score (nSPS) is 40.8. The van der Waals surface area contributed by atoms with E-state index >= 15 is 0 Å². The van der Waals surface area contributed by atoms with Crippen LogP contribution < -0.4 is 0 Å². The van der Waals surface area contributed by atoms with Gasteiger partial charge >= 0.3 is 0 Å². The maximum atomic E-state index is 12.6. The molecule has 3 aliphatic rings. The highest BCUT2D eigenvalue weighted by atomic mass is 32.2. The van der Waals surface area contributed by atoms with E-state index in [-0.39, 0.29) is 23.1 Å². The Kier molecular flexibility index (Phi) is 3.90. The molecular weight excluding hydrogens is 280 g/mol. The molecule has 3 fully saturated rings. The van der Waals surface area contributed by atoms with Gasteiger partial charge < -0.3 is 9.47 Å². The molecule has 20 heavy (non-hydrogen) atoms. The van der Waals surface area contributed by atoms with Crippen molar-refractivity contribution in [3.05, 3.63) is 0 Å². The van der Waals surface area contributed by atoms with Gasteiger partial charge in [-0.25, -0.2) is 8.42 Å². The molecule has 0 bridgehead atoms. The molecule has 3 rings (SSSR count). The zero-order valence-corrected chi connectivity index (χ0v) is 12.5. The zero-order chi connectivity index (χ0) is 14.2. The number of hydrogen-bond donors (Lipinski definition) is 0. The molecule has 3 heterocycles. The molecule has 6 heteroatoms. The van der Waals surface area contributed by atoms with Crippen molar-refractivity contribution < 1.29 is 22.7 Å². The third-order valence-electron chi connectivity index (χ3n) is 4.86. The topological polar surface area (TPSA) is 69.7 Å². The van der Waals surface area contributed by atoms with E-state index in [1.54, 1.807) is 0 Å². The van der Waals surface area contributed by atoms with E-state index in [0.717, 1.165) is 12.8 Å². The standard InChI is InChI=1S/C14H22O5S/c15-13(12-3-1-2-8-20(12,16)17)11-4-6-19-14(9-11)5-7-18-10-14/h11-12H,1-10H2. The minimum atomic E-state index is -3.23. The Morgan fingerprint density at radius 3 is 2.70 bits per heavy atom. The average Bonchev–Trinajstić information content (AvgIpc) is 2.85. The first-order chi connectivity index (χ1) is 9.53. The average molecular weight is 302 g/mol. The molecule has 0 radical (unpaired) electrons. The van der Waals surface area contributed by atoms with E-state index < -0.39 is 15.1 Å². The lowest BCUT2D eigenvalue weighted by atomic mass is 9.81. The first-order valence-corrected chi connectivity index (χ1v) is 9.21. The van der Waals surface area contributed by atoms with Crippen molar-refractivity contribution in [1.82, 2.24) is 0 Å². The molecule has 1 spiro atoms. The third-order valence-corrected chi connectivity index (χ3v) is 7.05. The minimum Gasteiger partial charge on any atom is -0.378 e. The fourth-order valence-electron chi connectivity index (χ4n) is 3.67. The Bertz CT molecular complexity index is 478. The Morgan fingerprint density at radius 2 is 2.00 bits per heavy atom. The molecule has 3 unspecified atom stereocenters. The van der Waals surface area contributed by atoms with Crippen molar-refractivity contribution >= 4 is 15.6 Å². The summed E-state index contributed by atoms with van der Waals surface area (Å²) in [6.45, 7) is 1.74. The quantitative estimate of drug-likeness (QED) is 0.764. The highest BCUT2D eigenvalue weighted by Crippen LogP contribution is 2.37. The van der Waals surface area contributed by atoms with Crippen molar-refractivity contribution in [2.45, 2.75) is 49.4 Å². The van der Waals surface area contributed by atoms with E-state index in [4.69, 9.17) is 9.47 Å². The van der Waals surface area contributed by atoms with E-state index in [1.165, 1.54) is 0 Å². The zero-order valence-electron chi connectivity index (χ0n) is 11.7. The minimum absolute atomic E-state index is 0.0701. The summed E-state index contributed by atoms with van der Waals surface area (Å²) in [5, 5.41) is -0.765. The van der Waals surface area contributed by atoms with Crippen LogP contribution in [0.4, 0.5) is 0 Å². The monoisotopic (exact) mass is 302 g/mol. The Hall–Kier alpha value is -0.460. The second kappa shape index (κ2) is 5.39. The van der Waals surface area contributed by atoms with Gasteiger partial charge in [-0.2, -0.15) is 0 Å². The molecule has 5 nitrogen and oxygen atoms in total. The van der Waals surface area contributed by atoms with Crippen LogP contribution in [0.15, 0.2) is 0 Å². The van der Waals surface area contributed by atoms with Crippen LogP contribution in [0.3, 0.4) is 0 Å². The number of hydrogen-bond acceptors (Lipinski definition) is 5. The maximum absolute atomic E-state index is 12.6. The molecule has 0 amide bonds. The lowest BCUT2D eigenvalue weighted by Crippen LogP contribution is -2.46. The van der Waals surface area contributed by atoms with Crippen molar-refractivity contribution in [3.63, 3.8) is 0 Å². The van der Waals surface area contributed by atoms with Crippen LogP contribution in [0, 0.1) is 5.92 Å². The maximum Gasteiger partial charge on any atom is 0.160 e. The van der Waals surface area contributed by atoms with Gasteiger partial charge in [0.1, 0.15) is 5.25 Å². The molecule has 114 valence electrons. The lowest BCUT2D eigenvalue weighted by molar-refractivity contribution is -0.136. The fourth-order valence-corrected chi connectivity index (χ4v) is 5.63. The van der Waals surface area contributed by atoms with Crippen LogP contribution in [0.5, 0.6) is 0 Å². The summed E-state index contributed by atoms with van der Waals surface area (Å²) < 4.78 is 35.4. The number of Topliss-reactive ketones (excluding diaryl/α,β-unsaturated/α-hetero) is 1. The second-order valence-electron chi connectivity index (χ2n) is 6.28. The van der Waals surface area contributed by atoms with E-state index in [0.29, 0.717) is 45.5 Å². The first kappa shape index (κ1) is 14.5. The summed E-state index contributed by atoms with van der Waals surface area (Å²) >= 11 is 0. The number of sulfone groups is 1. The lowest BCUT2D eigenvalue weighted by Gasteiger charge is -2.37. The van der Waals surface area contributed by atoms with Crippen molar-refractivity contribution in [3.8, 4) is 0 Å². The van der Waals surface area contributed by atoms with Gasteiger partial charge in [-0.15, -0.1) is 0 Å². The third kappa shape index (κ3) is 2.65. The van der Waals surface area contributed by atoms with E-state index in [9.17, 15) is 13.2 Å². The molecule has 0 aromatic heterocycles. The fraction of sp³-hybridized carbons (Fsp3) is 0.929.